The van der Waals surface area contributed by atoms with Crippen molar-refractivity contribution in [2.75, 3.05) is 0 Å². The molecule has 0 saturated carbocycles. The number of fused-ring (bicyclic) bond motifs is 4. The van der Waals surface area contributed by atoms with Crippen molar-refractivity contribution in [1.82, 2.24) is 9.55 Å². The first-order chi connectivity index (χ1) is 23.8. The normalized spacial score (nSPS) is 12.1. The van der Waals surface area contributed by atoms with Gasteiger partial charge < -0.3 is 4.52 Å². The summed E-state index contributed by atoms with van der Waals surface area (Å²) in [5.41, 5.74) is 6.64. The predicted octanol–water partition coefficient (Wildman–Crippen LogP) is 11.2. The molecule has 228 valence electrons. The van der Waals surface area contributed by atoms with Crippen molar-refractivity contribution in [3.63, 3.8) is 0 Å². The fourth-order valence-electron chi connectivity index (χ4n) is 6.35. The van der Waals surface area contributed by atoms with Gasteiger partial charge in [0.25, 0.3) is 0 Å². The Morgan fingerprint density at radius 1 is 0.500 bits per heavy atom. The molecule has 0 radical (unpaired) electrons. The lowest BCUT2D eigenvalue weighted by Gasteiger charge is -2.19. The molecule has 1 atom stereocenters. The Labute approximate surface area is 284 Å². The summed E-state index contributed by atoms with van der Waals surface area (Å²) < 4.78 is 11.5. The first kappa shape index (κ1) is 28.7. The number of para-hydroxylation sites is 3. The molecule has 0 aliphatic carbocycles. The molecule has 2 aromatic heterocycles. The molecule has 0 saturated heterocycles. The zero-order valence-electron chi connectivity index (χ0n) is 25.9. The lowest BCUT2D eigenvalue weighted by molar-refractivity contribution is 0.630. The Morgan fingerprint density at radius 2 is 1.12 bits per heavy atom. The summed E-state index contributed by atoms with van der Waals surface area (Å²) in [5.74, 6) is 1.83. The van der Waals surface area contributed by atoms with Crippen LogP contribution in [0.5, 0.6) is 5.75 Å². The first-order valence-corrected chi connectivity index (χ1v) is 18.0. The Balaban J connectivity index is 1.10. The number of hydrogen-bond donors (Lipinski definition) is 0. The molecule has 3 nitrogen and oxygen atoms in total. The minimum absolute atomic E-state index is 0.882. The molecule has 0 bridgehead atoms. The van der Waals surface area contributed by atoms with Crippen LogP contribution < -0.4 is 15.1 Å². The fourth-order valence-corrected chi connectivity index (χ4v) is 9.15. The quantitative estimate of drug-likeness (QED) is 0.160. The van der Waals surface area contributed by atoms with Crippen LogP contribution in [0.4, 0.5) is 0 Å². The third-order valence-electron chi connectivity index (χ3n) is 8.67. The van der Waals surface area contributed by atoms with Crippen LogP contribution >= 0.6 is 19.5 Å². The van der Waals surface area contributed by atoms with Gasteiger partial charge in [0, 0.05) is 42.0 Å². The largest absolute Gasteiger partial charge is 0.464 e. The van der Waals surface area contributed by atoms with Crippen molar-refractivity contribution in [2.45, 2.75) is 0 Å². The third kappa shape index (κ3) is 5.26. The van der Waals surface area contributed by atoms with Crippen LogP contribution in [-0.2, 0) is 0 Å². The number of rotatable bonds is 7. The molecule has 0 amide bonds. The molecule has 0 aliphatic rings. The molecule has 0 N–H and O–H groups in total. The Hall–Kier alpha value is -5.54. The van der Waals surface area contributed by atoms with Gasteiger partial charge in [0.15, 0.2) is 8.15 Å². The topological polar surface area (TPSA) is 27.1 Å². The first-order valence-electron chi connectivity index (χ1n) is 16.0. The van der Waals surface area contributed by atoms with Crippen molar-refractivity contribution in [3.8, 4) is 34.0 Å². The molecule has 0 spiro atoms. The van der Waals surface area contributed by atoms with E-state index in [4.69, 9.17) is 9.51 Å². The van der Waals surface area contributed by atoms with E-state index in [1.807, 2.05) is 53.8 Å². The van der Waals surface area contributed by atoms with E-state index in [9.17, 15) is 0 Å². The van der Waals surface area contributed by atoms with Gasteiger partial charge >= 0.3 is 0 Å². The third-order valence-corrected chi connectivity index (χ3v) is 11.7. The van der Waals surface area contributed by atoms with Gasteiger partial charge in [-0.05, 0) is 77.9 Å². The minimum atomic E-state index is -1.05. The van der Waals surface area contributed by atoms with Crippen LogP contribution in [-0.4, -0.2) is 9.55 Å². The van der Waals surface area contributed by atoms with Gasteiger partial charge in [-0.25, -0.2) is 4.98 Å². The van der Waals surface area contributed by atoms with E-state index in [-0.39, 0.29) is 0 Å². The minimum Gasteiger partial charge on any atom is -0.464 e. The van der Waals surface area contributed by atoms with Gasteiger partial charge in [0.2, 0.25) is 0 Å². The predicted molar refractivity (Wildman–Crippen MR) is 205 cm³/mol. The van der Waals surface area contributed by atoms with Gasteiger partial charge in [-0.3, -0.25) is 4.57 Å². The highest BCUT2D eigenvalue weighted by Gasteiger charge is 2.19. The average molecular weight is 653 g/mol. The van der Waals surface area contributed by atoms with Crippen molar-refractivity contribution in [1.29, 1.82) is 0 Å². The van der Waals surface area contributed by atoms with E-state index in [0.29, 0.717) is 0 Å². The summed E-state index contributed by atoms with van der Waals surface area (Å²) in [6.45, 7) is 0. The summed E-state index contributed by atoms with van der Waals surface area (Å²) in [7, 11) is -1.05. The highest BCUT2D eigenvalue weighted by atomic mass is 32.1. The maximum absolute atomic E-state index is 6.68. The molecule has 1 unspecified atom stereocenters. The Bertz CT molecular complexity index is 2530. The Kier molecular flexibility index (Phi) is 7.31. The maximum atomic E-state index is 6.68. The SMILES string of the molecule is c1ccc(OP(c2ccccc2)c2ccc3sc4ccc(-c5ccc(-n6c(-c7ccccc7)nc7ccccc76)cc5)cc4c3c2)cc1. The second kappa shape index (κ2) is 12.2. The molecular weight excluding hydrogens is 624 g/mol. The zero-order chi connectivity index (χ0) is 31.9. The number of benzene rings is 7. The molecule has 9 rings (SSSR count). The van der Waals surface area contributed by atoms with Gasteiger partial charge in [0.05, 0.1) is 11.0 Å². The van der Waals surface area contributed by atoms with Crippen LogP contribution in [0.2, 0.25) is 0 Å². The van der Waals surface area contributed by atoms with E-state index in [2.05, 4.69) is 138 Å². The lowest BCUT2D eigenvalue weighted by atomic mass is 10.0. The summed E-state index contributed by atoms with van der Waals surface area (Å²) in [5, 5.41) is 4.93. The van der Waals surface area contributed by atoms with E-state index in [1.54, 1.807) is 0 Å². The van der Waals surface area contributed by atoms with Crippen molar-refractivity contribution >= 4 is 61.3 Å². The van der Waals surface area contributed by atoms with E-state index >= 15 is 0 Å². The fraction of sp³-hybridized carbons (Fsp3) is 0. The summed E-state index contributed by atoms with van der Waals surface area (Å²) in [6, 6.07) is 62.0. The summed E-state index contributed by atoms with van der Waals surface area (Å²) in [4.78, 5) is 5.02. The second-order valence-corrected chi connectivity index (χ2v) is 14.6. The molecule has 0 fully saturated rings. The van der Waals surface area contributed by atoms with Gasteiger partial charge in [0.1, 0.15) is 11.6 Å². The zero-order valence-corrected chi connectivity index (χ0v) is 27.6. The number of nitrogens with zero attached hydrogens (tertiary/aromatic N) is 2. The van der Waals surface area contributed by atoms with Crippen LogP contribution in [0.15, 0.2) is 176 Å². The van der Waals surface area contributed by atoms with E-state index < -0.39 is 8.15 Å². The molecule has 5 heteroatoms. The van der Waals surface area contributed by atoms with E-state index in [1.165, 1.54) is 41.9 Å². The monoisotopic (exact) mass is 652 g/mol. The average Bonchev–Trinajstić information content (AvgIpc) is 3.73. The molecule has 48 heavy (non-hydrogen) atoms. The Morgan fingerprint density at radius 3 is 1.90 bits per heavy atom. The van der Waals surface area contributed by atoms with E-state index in [0.717, 1.165) is 33.9 Å². The number of aromatic nitrogens is 2. The smallest absolute Gasteiger partial charge is 0.150 e. The molecule has 7 aromatic carbocycles. The van der Waals surface area contributed by atoms with Crippen LogP contribution in [0, 0.1) is 0 Å². The van der Waals surface area contributed by atoms with Crippen molar-refractivity contribution in [2.24, 2.45) is 0 Å². The molecule has 2 heterocycles. The maximum Gasteiger partial charge on any atom is 0.150 e. The van der Waals surface area contributed by atoms with Crippen molar-refractivity contribution < 1.29 is 4.52 Å². The van der Waals surface area contributed by atoms with Gasteiger partial charge in [-0.15, -0.1) is 11.3 Å². The molecule has 9 aromatic rings. The van der Waals surface area contributed by atoms with Crippen LogP contribution in [0.3, 0.4) is 0 Å². The number of thiophene rings is 1. The van der Waals surface area contributed by atoms with Crippen LogP contribution in [0.25, 0.3) is 59.4 Å². The molecular formula is C43H29N2OPS. The van der Waals surface area contributed by atoms with Gasteiger partial charge in [-0.2, -0.15) is 0 Å². The highest BCUT2D eigenvalue weighted by Crippen LogP contribution is 2.41. The van der Waals surface area contributed by atoms with Crippen LogP contribution in [0.1, 0.15) is 0 Å². The number of hydrogen-bond acceptors (Lipinski definition) is 3. The number of imidazole rings is 1. The standard InChI is InChI=1S/C43H29N2OPS/c1-4-12-31(13-5-1)43-44-39-18-10-11-19-40(39)45(43)33-23-20-30(21-24-33)32-22-26-41-37(28-32)38-29-36(25-27-42(38)48-41)47(35-16-8-3-9-17-35)46-34-14-6-2-7-15-34/h1-29H. The highest BCUT2D eigenvalue weighted by molar-refractivity contribution is 7.68. The van der Waals surface area contributed by atoms with Gasteiger partial charge in [-0.1, -0.05) is 109 Å². The summed E-state index contributed by atoms with van der Waals surface area (Å²) >= 11 is 1.84. The lowest BCUT2D eigenvalue weighted by Crippen LogP contribution is -2.15. The summed E-state index contributed by atoms with van der Waals surface area (Å²) in [6.07, 6.45) is 0. The van der Waals surface area contributed by atoms with Crippen molar-refractivity contribution in [3.05, 3.63) is 176 Å². The second-order valence-electron chi connectivity index (χ2n) is 11.7. The molecule has 0 aliphatic heterocycles.